The number of hydrogen-bond acceptors (Lipinski definition) is 3. The van der Waals surface area contributed by atoms with Gasteiger partial charge in [-0.2, -0.15) is 5.26 Å². The van der Waals surface area contributed by atoms with E-state index in [2.05, 4.69) is 30.4 Å². The minimum atomic E-state index is -0.212. The van der Waals surface area contributed by atoms with E-state index in [1.807, 2.05) is 42.5 Å². The van der Waals surface area contributed by atoms with Gasteiger partial charge in [0.1, 0.15) is 0 Å². The summed E-state index contributed by atoms with van der Waals surface area (Å²) in [6.07, 6.45) is 0. The van der Waals surface area contributed by atoms with Crippen LogP contribution in [-0.2, 0) is 0 Å². The van der Waals surface area contributed by atoms with Gasteiger partial charge >= 0.3 is 0 Å². The molecule has 134 valence electrons. The second-order valence-electron chi connectivity index (χ2n) is 6.61. The van der Waals surface area contributed by atoms with Crippen molar-refractivity contribution in [3.8, 4) is 17.3 Å². The molecule has 0 aliphatic heterocycles. The van der Waals surface area contributed by atoms with Crippen LogP contribution in [0.5, 0.6) is 0 Å². The number of anilines is 1. The predicted molar refractivity (Wildman–Crippen MR) is 111 cm³/mol. The summed E-state index contributed by atoms with van der Waals surface area (Å²) in [4.78, 5) is 17.1. The van der Waals surface area contributed by atoms with Gasteiger partial charge in [-0.1, -0.05) is 29.8 Å². The van der Waals surface area contributed by atoms with Crippen LogP contribution in [0.2, 0.25) is 0 Å². The molecule has 0 spiro atoms. The molecule has 1 heterocycles. The van der Waals surface area contributed by atoms with E-state index in [1.54, 1.807) is 24.3 Å². The molecule has 4 aromatic rings. The topological polar surface area (TPSA) is 65.8 Å². The third-order valence-corrected chi connectivity index (χ3v) is 4.56. The number of carbonyl (C=O) groups excluding carboxylic acids is 1. The van der Waals surface area contributed by atoms with Crippen LogP contribution in [0, 0.1) is 18.3 Å². The number of carbonyl (C=O) groups is 1. The minimum absolute atomic E-state index is 0.212. The SMILES string of the molecule is Cc1ccc2nc(-c3ccc(NC(=O)c4ccc(C#N)cc4)cc3)ccc2c1. The molecule has 0 radical (unpaired) electrons. The van der Waals surface area contributed by atoms with E-state index >= 15 is 0 Å². The molecule has 1 amide bonds. The molecule has 0 aliphatic rings. The molecule has 0 bridgehead atoms. The van der Waals surface area contributed by atoms with Crippen molar-refractivity contribution in [2.45, 2.75) is 6.92 Å². The van der Waals surface area contributed by atoms with E-state index in [1.165, 1.54) is 5.56 Å². The third kappa shape index (κ3) is 3.60. The number of aryl methyl sites for hydroxylation is 1. The first kappa shape index (κ1) is 17.4. The highest BCUT2D eigenvalue weighted by Crippen LogP contribution is 2.23. The Morgan fingerprint density at radius 3 is 2.39 bits per heavy atom. The van der Waals surface area contributed by atoms with Crippen LogP contribution < -0.4 is 5.32 Å². The number of pyridine rings is 1. The Bertz CT molecular complexity index is 1200. The minimum Gasteiger partial charge on any atom is -0.322 e. The van der Waals surface area contributed by atoms with E-state index in [0.29, 0.717) is 16.8 Å². The molecule has 0 unspecified atom stereocenters. The smallest absolute Gasteiger partial charge is 0.255 e. The molecule has 3 aromatic carbocycles. The molecular formula is C24H17N3O. The first-order valence-corrected chi connectivity index (χ1v) is 8.92. The maximum absolute atomic E-state index is 12.3. The Kier molecular flexibility index (Phi) is 4.57. The molecule has 4 heteroatoms. The maximum atomic E-state index is 12.3. The Hall–Kier alpha value is -3.97. The molecule has 0 fully saturated rings. The zero-order valence-electron chi connectivity index (χ0n) is 15.3. The number of hydrogen-bond donors (Lipinski definition) is 1. The third-order valence-electron chi connectivity index (χ3n) is 4.56. The van der Waals surface area contributed by atoms with E-state index < -0.39 is 0 Å². The van der Waals surface area contributed by atoms with Gasteiger partial charge in [-0.05, 0) is 61.5 Å². The van der Waals surface area contributed by atoms with Crippen LogP contribution in [0.15, 0.2) is 78.9 Å². The first-order chi connectivity index (χ1) is 13.6. The van der Waals surface area contributed by atoms with Crippen LogP contribution >= 0.6 is 0 Å². The van der Waals surface area contributed by atoms with Gasteiger partial charge in [0, 0.05) is 22.2 Å². The molecule has 4 rings (SSSR count). The highest BCUT2D eigenvalue weighted by molar-refractivity contribution is 6.04. The van der Waals surface area contributed by atoms with Gasteiger partial charge in [0.15, 0.2) is 0 Å². The number of nitriles is 1. The van der Waals surface area contributed by atoms with E-state index in [9.17, 15) is 4.79 Å². The van der Waals surface area contributed by atoms with Crippen molar-refractivity contribution in [1.29, 1.82) is 5.26 Å². The number of nitrogens with one attached hydrogen (secondary N) is 1. The van der Waals surface area contributed by atoms with Gasteiger partial charge in [0.25, 0.3) is 5.91 Å². The van der Waals surface area contributed by atoms with E-state index in [-0.39, 0.29) is 5.91 Å². The van der Waals surface area contributed by atoms with Crippen molar-refractivity contribution in [3.63, 3.8) is 0 Å². The van der Waals surface area contributed by atoms with Gasteiger partial charge < -0.3 is 5.32 Å². The largest absolute Gasteiger partial charge is 0.322 e. The second-order valence-corrected chi connectivity index (χ2v) is 6.61. The fourth-order valence-electron chi connectivity index (χ4n) is 3.03. The zero-order valence-corrected chi connectivity index (χ0v) is 15.3. The van der Waals surface area contributed by atoms with Gasteiger partial charge in [-0.25, -0.2) is 4.98 Å². The number of amides is 1. The molecule has 0 atom stereocenters. The number of aromatic nitrogens is 1. The van der Waals surface area contributed by atoms with Crippen molar-refractivity contribution in [1.82, 2.24) is 4.98 Å². The normalized spacial score (nSPS) is 10.4. The fraction of sp³-hybridized carbons (Fsp3) is 0.0417. The molecule has 1 aromatic heterocycles. The summed E-state index contributed by atoms with van der Waals surface area (Å²) in [5.41, 5.74) is 5.79. The lowest BCUT2D eigenvalue weighted by Gasteiger charge is -2.08. The summed E-state index contributed by atoms with van der Waals surface area (Å²) >= 11 is 0. The summed E-state index contributed by atoms with van der Waals surface area (Å²) in [6.45, 7) is 2.07. The van der Waals surface area contributed by atoms with Crippen LogP contribution in [0.4, 0.5) is 5.69 Å². The summed E-state index contributed by atoms with van der Waals surface area (Å²) in [6, 6.07) is 26.5. The standard InChI is InChI=1S/C24H17N3O/c1-16-2-12-23-20(14-16)9-13-22(27-23)18-7-10-21(11-8-18)26-24(28)19-5-3-17(15-25)4-6-19/h2-14H,1H3,(H,26,28). The predicted octanol–water partition coefficient (Wildman–Crippen LogP) is 5.33. The fourth-order valence-corrected chi connectivity index (χ4v) is 3.03. The average molecular weight is 363 g/mol. The van der Waals surface area contributed by atoms with Crippen LogP contribution in [0.25, 0.3) is 22.2 Å². The molecule has 4 nitrogen and oxygen atoms in total. The number of rotatable bonds is 3. The number of nitrogens with zero attached hydrogens (tertiary/aromatic N) is 2. The highest BCUT2D eigenvalue weighted by Gasteiger charge is 2.07. The summed E-state index contributed by atoms with van der Waals surface area (Å²) < 4.78 is 0. The van der Waals surface area contributed by atoms with Crippen LogP contribution in [0.1, 0.15) is 21.5 Å². The van der Waals surface area contributed by atoms with Gasteiger partial charge in [0.05, 0.1) is 22.8 Å². The Labute approximate surface area is 163 Å². The molecule has 0 saturated carbocycles. The molecular weight excluding hydrogens is 346 g/mol. The van der Waals surface area contributed by atoms with Crippen LogP contribution in [-0.4, -0.2) is 10.9 Å². The van der Waals surface area contributed by atoms with Crippen molar-refractivity contribution in [2.24, 2.45) is 0 Å². The Balaban J connectivity index is 1.52. The van der Waals surface area contributed by atoms with Crippen molar-refractivity contribution in [2.75, 3.05) is 5.32 Å². The lowest BCUT2D eigenvalue weighted by Crippen LogP contribution is -2.11. The number of benzene rings is 3. The quantitative estimate of drug-likeness (QED) is 0.535. The van der Waals surface area contributed by atoms with Gasteiger partial charge in [0.2, 0.25) is 0 Å². The summed E-state index contributed by atoms with van der Waals surface area (Å²) in [7, 11) is 0. The Morgan fingerprint density at radius 1 is 0.929 bits per heavy atom. The monoisotopic (exact) mass is 363 g/mol. The van der Waals surface area contributed by atoms with Crippen molar-refractivity contribution < 1.29 is 4.79 Å². The summed E-state index contributed by atoms with van der Waals surface area (Å²) in [5.74, 6) is -0.212. The van der Waals surface area contributed by atoms with Gasteiger partial charge in [-0.3, -0.25) is 4.79 Å². The molecule has 1 N–H and O–H groups in total. The van der Waals surface area contributed by atoms with Gasteiger partial charge in [-0.15, -0.1) is 0 Å². The van der Waals surface area contributed by atoms with E-state index in [4.69, 9.17) is 10.2 Å². The average Bonchev–Trinajstić information content (AvgIpc) is 2.74. The second kappa shape index (κ2) is 7.34. The van der Waals surface area contributed by atoms with Crippen LogP contribution in [0.3, 0.4) is 0 Å². The molecule has 0 saturated heterocycles. The molecule has 0 aliphatic carbocycles. The van der Waals surface area contributed by atoms with Crippen molar-refractivity contribution >= 4 is 22.5 Å². The highest BCUT2D eigenvalue weighted by atomic mass is 16.1. The lowest BCUT2D eigenvalue weighted by atomic mass is 10.1. The Morgan fingerprint density at radius 2 is 1.68 bits per heavy atom. The maximum Gasteiger partial charge on any atom is 0.255 e. The lowest BCUT2D eigenvalue weighted by molar-refractivity contribution is 0.102. The zero-order chi connectivity index (χ0) is 19.5. The number of fused-ring (bicyclic) bond motifs is 1. The summed E-state index contributed by atoms with van der Waals surface area (Å²) in [5, 5.41) is 12.8. The van der Waals surface area contributed by atoms with E-state index in [0.717, 1.165) is 22.2 Å². The first-order valence-electron chi connectivity index (χ1n) is 8.92. The van der Waals surface area contributed by atoms with Crippen molar-refractivity contribution in [3.05, 3.63) is 95.6 Å². The molecule has 28 heavy (non-hydrogen) atoms.